The minimum Gasteiger partial charge on any atom is -0.330 e. The lowest BCUT2D eigenvalue weighted by Crippen LogP contribution is -2.12. The van der Waals surface area contributed by atoms with Gasteiger partial charge in [0.1, 0.15) is 5.65 Å². The first-order chi connectivity index (χ1) is 10.1. The van der Waals surface area contributed by atoms with Crippen molar-refractivity contribution < 1.29 is 0 Å². The molecule has 2 N–H and O–H groups in total. The topological polar surface area (TPSA) is 43.3 Å². The van der Waals surface area contributed by atoms with Gasteiger partial charge in [0.05, 0.1) is 11.4 Å². The van der Waals surface area contributed by atoms with Gasteiger partial charge in [-0.3, -0.25) is 0 Å². The Morgan fingerprint density at radius 2 is 1.71 bits per heavy atom. The number of fused-ring (bicyclic) bond motifs is 1. The van der Waals surface area contributed by atoms with Crippen LogP contribution in [0.25, 0.3) is 16.9 Å². The highest BCUT2D eigenvalue weighted by Gasteiger charge is 2.18. The van der Waals surface area contributed by atoms with Gasteiger partial charge >= 0.3 is 0 Å². The van der Waals surface area contributed by atoms with Gasteiger partial charge in [-0.05, 0) is 25.5 Å². The van der Waals surface area contributed by atoms with E-state index in [9.17, 15) is 0 Å². The molecule has 1 aromatic carbocycles. The molecule has 2 aromatic heterocycles. The molecular weight excluding hydrogens is 258 g/mol. The number of imidazole rings is 1. The van der Waals surface area contributed by atoms with E-state index in [-0.39, 0.29) is 5.92 Å². The minimum absolute atomic E-state index is 0.262. The van der Waals surface area contributed by atoms with E-state index in [4.69, 9.17) is 10.7 Å². The zero-order valence-electron chi connectivity index (χ0n) is 12.8. The summed E-state index contributed by atoms with van der Waals surface area (Å²) in [7, 11) is 0. The quantitative estimate of drug-likeness (QED) is 0.794. The fraction of sp³-hybridized carbons (Fsp3) is 0.278. The van der Waals surface area contributed by atoms with Crippen LogP contribution in [0.3, 0.4) is 0 Å². The van der Waals surface area contributed by atoms with Crippen molar-refractivity contribution in [2.75, 3.05) is 6.54 Å². The number of aromatic nitrogens is 2. The van der Waals surface area contributed by atoms with Crippen molar-refractivity contribution in [3.8, 4) is 11.3 Å². The number of nitrogens with zero attached hydrogens (tertiary/aromatic N) is 2. The molecule has 108 valence electrons. The zero-order valence-corrected chi connectivity index (χ0v) is 12.8. The maximum Gasteiger partial charge on any atom is 0.137 e. The molecule has 3 heteroatoms. The Bertz CT molecular complexity index is 769. The predicted octanol–water partition coefficient (Wildman–Crippen LogP) is 3.68. The fourth-order valence-electron chi connectivity index (χ4n) is 2.68. The van der Waals surface area contributed by atoms with E-state index in [1.54, 1.807) is 0 Å². The van der Waals surface area contributed by atoms with Crippen LogP contribution < -0.4 is 5.73 Å². The summed E-state index contributed by atoms with van der Waals surface area (Å²) in [4.78, 5) is 4.83. The molecule has 0 saturated heterocycles. The van der Waals surface area contributed by atoms with Crippen LogP contribution in [-0.2, 0) is 0 Å². The number of nitrogens with two attached hydrogens (primary N) is 1. The number of aryl methyl sites for hydroxylation is 2. The van der Waals surface area contributed by atoms with Gasteiger partial charge in [-0.25, -0.2) is 4.98 Å². The van der Waals surface area contributed by atoms with E-state index in [0.29, 0.717) is 6.54 Å². The summed E-state index contributed by atoms with van der Waals surface area (Å²) >= 11 is 0. The second kappa shape index (κ2) is 5.34. The van der Waals surface area contributed by atoms with Gasteiger partial charge in [0, 0.05) is 24.2 Å². The normalized spacial score (nSPS) is 12.8. The van der Waals surface area contributed by atoms with Crippen LogP contribution >= 0.6 is 0 Å². The van der Waals surface area contributed by atoms with Gasteiger partial charge in [-0.1, -0.05) is 42.8 Å². The molecular formula is C18H21N3. The number of rotatable bonds is 3. The van der Waals surface area contributed by atoms with Gasteiger partial charge in [-0.15, -0.1) is 0 Å². The van der Waals surface area contributed by atoms with Gasteiger partial charge in [0.25, 0.3) is 0 Å². The molecule has 0 saturated carbocycles. The molecule has 0 aliphatic rings. The Morgan fingerprint density at radius 1 is 1.05 bits per heavy atom. The third-order valence-corrected chi connectivity index (χ3v) is 3.95. The highest BCUT2D eigenvalue weighted by Crippen LogP contribution is 2.30. The number of hydrogen-bond acceptors (Lipinski definition) is 2. The Morgan fingerprint density at radius 3 is 2.38 bits per heavy atom. The smallest absolute Gasteiger partial charge is 0.137 e. The summed E-state index contributed by atoms with van der Waals surface area (Å²) in [6.07, 6.45) is 2.14. The van der Waals surface area contributed by atoms with Crippen molar-refractivity contribution >= 4 is 5.65 Å². The molecule has 0 amide bonds. The molecule has 0 bridgehead atoms. The van der Waals surface area contributed by atoms with Crippen molar-refractivity contribution in [3.05, 3.63) is 59.4 Å². The molecule has 1 unspecified atom stereocenters. The van der Waals surface area contributed by atoms with Crippen molar-refractivity contribution in [3.63, 3.8) is 0 Å². The van der Waals surface area contributed by atoms with E-state index < -0.39 is 0 Å². The summed E-state index contributed by atoms with van der Waals surface area (Å²) in [5.74, 6) is 0.262. The maximum atomic E-state index is 5.92. The lowest BCUT2D eigenvalue weighted by molar-refractivity contribution is 0.738. The van der Waals surface area contributed by atoms with Crippen LogP contribution in [0.15, 0.2) is 42.6 Å². The molecule has 0 aliphatic carbocycles. The van der Waals surface area contributed by atoms with Gasteiger partial charge < -0.3 is 10.1 Å². The highest BCUT2D eigenvalue weighted by molar-refractivity contribution is 5.67. The first kappa shape index (κ1) is 13.8. The molecule has 3 nitrogen and oxygen atoms in total. The second-order valence-electron chi connectivity index (χ2n) is 5.78. The summed E-state index contributed by atoms with van der Waals surface area (Å²) in [6, 6.07) is 12.7. The second-order valence-corrected chi connectivity index (χ2v) is 5.78. The molecule has 3 rings (SSSR count). The molecule has 2 heterocycles. The van der Waals surface area contributed by atoms with Crippen molar-refractivity contribution in [1.82, 2.24) is 9.38 Å². The van der Waals surface area contributed by atoms with Crippen LogP contribution in [0.1, 0.15) is 29.7 Å². The van der Waals surface area contributed by atoms with E-state index in [0.717, 1.165) is 16.9 Å². The van der Waals surface area contributed by atoms with E-state index in [1.165, 1.54) is 16.8 Å². The summed E-state index contributed by atoms with van der Waals surface area (Å²) < 4.78 is 2.18. The Labute approximate surface area is 125 Å². The molecule has 3 aromatic rings. The first-order valence-electron chi connectivity index (χ1n) is 7.36. The lowest BCUT2D eigenvalue weighted by atomic mass is 10.0. The molecule has 1 atom stereocenters. The Hall–Kier alpha value is -2.13. The molecule has 0 radical (unpaired) electrons. The van der Waals surface area contributed by atoms with Crippen molar-refractivity contribution in [2.24, 2.45) is 5.73 Å². The van der Waals surface area contributed by atoms with Crippen LogP contribution in [0.5, 0.6) is 0 Å². The summed E-state index contributed by atoms with van der Waals surface area (Å²) in [5.41, 5.74) is 12.8. The summed E-state index contributed by atoms with van der Waals surface area (Å²) in [6.45, 7) is 6.96. The zero-order chi connectivity index (χ0) is 15.0. The lowest BCUT2D eigenvalue weighted by Gasteiger charge is -2.12. The Kier molecular flexibility index (Phi) is 3.52. The third-order valence-electron chi connectivity index (χ3n) is 3.95. The standard InChI is InChI=1S/C18H21N3/c1-12-4-7-15(8-5-12)17-18(14(3)10-19)21-11-13(2)6-9-16(21)20-17/h4-9,11,14H,10,19H2,1-3H3. The van der Waals surface area contributed by atoms with Crippen LogP contribution in [-0.4, -0.2) is 15.9 Å². The van der Waals surface area contributed by atoms with Crippen LogP contribution in [0, 0.1) is 13.8 Å². The molecule has 0 spiro atoms. The average Bonchev–Trinajstić information content (AvgIpc) is 2.85. The monoisotopic (exact) mass is 279 g/mol. The molecule has 21 heavy (non-hydrogen) atoms. The van der Waals surface area contributed by atoms with Crippen LogP contribution in [0.4, 0.5) is 0 Å². The third kappa shape index (κ3) is 2.45. The average molecular weight is 279 g/mol. The highest BCUT2D eigenvalue weighted by atomic mass is 15.0. The Balaban J connectivity index is 2.28. The maximum absolute atomic E-state index is 5.92. The number of pyridine rings is 1. The van der Waals surface area contributed by atoms with Gasteiger partial charge in [0.2, 0.25) is 0 Å². The SMILES string of the molecule is Cc1ccc(-c2nc3ccc(C)cn3c2C(C)CN)cc1. The minimum atomic E-state index is 0.262. The van der Waals surface area contributed by atoms with E-state index in [1.807, 2.05) is 0 Å². The predicted molar refractivity (Wildman–Crippen MR) is 87.6 cm³/mol. The van der Waals surface area contributed by atoms with Gasteiger partial charge in [0.15, 0.2) is 0 Å². The molecule has 0 aliphatic heterocycles. The van der Waals surface area contributed by atoms with Crippen molar-refractivity contribution in [1.29, 1.82) is 0 Å². The van der Waals surface area contributed by atoms with Crippen molar-refractivity contribution in [2.45, 2.75) is 26.7 Å². The first-order valence-corrected chi connectivity index (χ1v) is 7.36. The van der Waals surface area contributed by atoms with E-state index in [2.05, 4.69) is 67.8 Å². The van der Waals surface area contributed by atoms with E-state index >= 15 is 0 Å². The van der Waals surface area contributed by atoms with Gasteiger partial charge in [-0.2, -0.15) is 0 Å². The molecule has 0 fully saturated rings. The van der Waals surface area contributed by atoms with Crippen LogP contribution in [0.2, 0.25) is 0 Å². The fourth-order valence-corrected chi connectivity index (χ4v) is 2.68. The summed E-state index contributed by atoms with van der Waals surface area (Å²) in [5, 5.41) is 0. The largest absolute Gasteiger partial charge is 0.330 e. The number of benzene rings is 1. The number of hydrogen-bond donors (Lipinski definition) is 1.